The monoisotopic (exact) mass is 437 g/mol. The molecule has 1 heterocycles. The lowest BCUT2D eigenvalue weighted by Crippen LogP contribution is -2.57. The Hall–Kier alpha value is -3.78. The molecule has 0 aliphatic carbocycles. The molecule has 3 aromatic carbocycles. The van der Waals surface area contributed by atoms with Crippen LogP contribution >= 0.6 is 0 Å². The first kappa shape index (κ1) is 22.4. The van der Waals surface area contributed by atoms with Crippen molar-refractivity contribution in [1.82, 2.24) is 0 Å². The number of azo groups is 1. The molecule has 1 aliphatic heterocycles. The summed E-state index contributed by atoms with van der Waals surface area (Å²) in [7, 11) is 1.31. The first-order valence-electron chi connectivity index (χ1n) is 10.9. The second-order valence-electron chi connectivity index (χ2n) is 8.90. The molecule has 0 saturated heterocycles. The Kier molecular flexibility index (Phi) is 5.63. The molecule has 3 aromatic rings. The Morgan fingerprint density at radius 1 is 0.970 bits per heavy atom. The van der Waals surface area contributed by atoms with Crippen molar-refractivity contribution in [3.63, 3.8) is 0 Å². The highest BCUT2D eigenvalue weighted by Gasteiger charge is 2.70. The van der Waals surface area contributed by atoms with E-state index < -0.39 is 28.4 Å². The molecule has 0 bridgehead atoms. The Balaban J connectivity index is 2.02. The lowest BCUT2D eigenvalue weighted by Gasteiger charge is -2.43. The molecule has 33 heavy (non-hydrogen) atoms. The zero-order valence-electron chi connectivity index (χ0n) is 19.3. The average Bonchev–Trinajstić information content (AvgIpc) is 3.18. The summed E-state index contributed by atoms with van der Waals surface area (Å²) >= 11 is 0. The maximum atomic E-state index is 13.6. The summed E-state index contributed by atoms with van der Waals surface area (Å²) in [5.74, 6) is -0.638. The molecule has 4 rings (SSSR count). The van der Waals surface area contributed by atoms with Gasteiger partial charge in [-0.05, 0) is 37.5 Å². The highest BCUT2D eigenvalue weighted by Crippen LogP contribution is 2.58. The molecule has 3 atom stereocenters. The first-order valence-corrected chi connectivity index (χ1v) is 10.9. The van der Waals surface area contributed by atoms with E-state index in [0.717, 1.165) is 22.3 Å². The Morgan fingerprint density at radius 3 is 1.94 bits per heavy atom. The molecule has 0 radical (unpaired) electrons. The van der Waals surface area contributed by atoms with E-state index in [2.05, 4.69) is 11.2 Å². The molecular weight excluding hydrogens is 410 g/mol. The predicted molar refractivity (Wildman–Crippen MR) is 127 cm³/mol. The van der Waals surface area contributed by atoms with Crippen molar-refractivity contribution in [3.8, 4) is 6.07 Å². The van der Waals surface area contributed by atoms with E-state index in [1.807, 2.05) is 98.8 Å². The second-order valence-corrected chi connectivity index (χ2v) is 8.90. The molecule has 0 unspecified atom stereocenters. The van der Waals surface area contributed by atoms with Gasteiger partial charge in [0.1, 0.15) is 11.6 Å². The van der Waals surface area contributed by atoms with Crippen molar-refractivity contribution in [2.75, 3.05) is 7.11 Å². The van der Waals surface area contributed by atoms with Crippen LogP contribution in [0.4, 0.5) is 0 Å². The van der Waals surface area contributed by atoms with Crippen molar-refractivity contribution in [1.29, 1.82) is 5.26 Å². The van der Waals surface area contributed by atoms with Crippen molar-refractivity contribution in [3.05, 3.63) is 107 Å². The zero-order valence-corrected chi connectivity index (χ0v) is 19.3. The summed E-state index contributed by atoms with van der Waals surface area (Å²) in [6, 6.07) is 29.0. The van der Waals surface area contributed by atoms with Gasteiger partial charge in [0, 0.05) is 5.41 Å². The Bertz CT molecular complexity index is 1180. The van der Waals surface area contributed by atoms with Gasteiger partial charge in [0.15, 0.2) is 0 Å². The minimum atomic E-state index is -1.68. The third-order valence-electron chi connectivity index (χ3n) is 7.14. The van der Waals surface area contributed by atoms with Gasteiger partial charge < -0.3 is 4.74 Å². The number of methoxy groups -OCH3 is 1. The Labute approximate surface area is 194 Å². The fraction of sp³-hybridized carbons (Fsp3) is 0.286. The van der Waals surface area contributed by atoms with E-state index >= 15 is 0 Å². The van der Waals surface area contributed by atoms with Crippen LogP contribution in [0.25, 0.3) is 0 Å². The van der Waals surface area contributed by atoms with Crippen molar-refractivity contribution >= 4 is 5.97 Å². The van der Waals surface area contributed by atoms with Gasteiger partial charge in [-0.2, -0.15) is 15.5 Å². The number of nitrogens with zero attached hydrogens (tertiary/aromatic N) is 3. The zero-order chi connectivity index (χ0) is 23.7. The number of carbonyl (C=O) groups excluding carboxylic acids is 1. The number of esters is 1. The van der Waals surface area contributed by atoms with E-state index in [-0.39, 0.29) is 0 Å². The first-order chi connectivity index (χ1) is 15.8. The third-order valence-corrected chi connectivity index (χ3v) is 7.14. The minimum absolute atomic E-state index is 0.638. The minimum Gasteiger partial charge on any atom is -0.468 e. The quantitative estimate of drug-likeness (QED) is 0.478. The number of rotatable bonds is 5. The van der Waals surface area contributed by atoms with E-state index in [0.29, 0.717) is 0 Å². The van der Waals surface area contributed by atoms with Gasteiger partial charge in [-0.25, -0.2) is 0 Å². The molecule has 5 heteroatoms. The molecule has 0 aromatic heterocycles. The van der Waals surface area contributed by atoms with Gasteiger partial charge in [0.25, 0.3) is 0 Å². The van der Waals surface area contributed by atoms with Crippen LogP contribution in [0.2, 0.25) is 0 Å². The van der Waals surface area contributed by atoms with E-state index in [4.69, 9.17) is 9.85 Å². The van der Waals surface area contributed by atoms with Crippen LogP contribution in [0.15, 0.2) is 95.2 Å². The van der Waals surface area contributed by atoms with Crippen molar-refractivity contribution < 1.29 is 9.53 Å². The van der Waals surface area contributed by atoms with Crippen LogP contribution in [0.3, 0.4) is 0 Å². The summed E-state index contributed by atoms with van der Waals surface area (Å²) in [6.07, 6.45) is 0. The summed E-state index contributed by atoms with van der Waals surface area (Å²) in [6.45, 7) is 5.82. The normalized spacial score (nSPS) is 24.3. The lowest BCUT2D eigenvalue weighted by molar-refractivity contribution is -0.153. The lowest BCUT2D eigenvalue weighted by atomic mass is 9.55. The molecule has 0 fully saturated rings. The fourth-order valence-electron chi connectivity index (χ4n) is 5.06. The summed E-state index contributed by atoms with van der Waals surface area (Å²) < 4.78 is 5.28. The van der Waals surface area contributed by atoms with Crippen molar-refractivity contribution in [2.24, 2.45) is 15.6 Å². The van der Waals surface area contributed by atoms with E-state index in [1.54, 1.807) is 6.92 Å². The van der Waals surface area contributed by atoms with Gasteiger partial charge in [-0.15, -0.1) is 0 Å². The molecule has 1 aliphatic rings. The smallest absolute Gasteiger partial charge is 0.331 e. The van der Waals surface area contributed by atoms with Crippen LogP contribution < -0.4 is 0 Å². The SMILES string of the molecule is COC(=O)[C@]1(C#N)[C@@H](C(C)(c2ccccc2)c2ccccc2)N=N[C@]1(C)c1ccc(C)cc1. The van der Waals surface area contributed by atoms with Gasteiger partial charge in [-0.1, -0.05) is 90.5 Å². The van der Waals surface area contributed by atoms with Crippen LogP contribution in [-0.4, -0.2) is 19.1 Å². The van der Waals surface area contributed by atoms with Gasteiger partial charge >= 0.3 is 5.97 Å². The summed E-state index contributed by atoms with van der Waals surface area (Å²) in [5.41, 5.74) is -0.0234. The highest BCUT2D eigenvalue weighted by atomic mass is 16.5. The molecule has 5 nitrogen and oxygen atoms in total. The highest BCUT2D eigenvalue weighted by molar-refractivity contribution is 5.85. The number of hydrogen-bond donors (Lipinski definition) is 0. The Morgan fingerprint density at radius 2 is 1.48 bits per heavy atom. The van der Waals surface area contributed by atoms with Crippen LogP contribution in [0.1, 0.15) is 36.1 Å². The molecule has 166 valence electrons. The number of nitriles is 1. The van der Waals surface area contributed by atoms with Crippen LogP contribution in [-0.2, 0) is 20.5 Å². The van der Waals surface area contributed by atoms with Gasteiger partial charge in [0.05, 0.1) is 13.2 Å². The topological polar surface area (TPSA) is 74.8 Å². The van der Waals surface area contributed by atoms with Crippen LogP contribution in [0.5, 0.6) is 0 Å². The standard InChI is InChI=1S/C28H27N3O2/c1-20-15-17-23(18-16-20)27(3)28(19-29,25(32)33-4)24(30-31-27)26(2,21-11-7-5-8-12-21)22-13-9-6-10-14-22/h5-18,24H,1-4H3/t24-,27-,28+/m1/s1. The van der Waals surface area contributed by atoms with Crippen molar-refractivity contribution in [2.45, 2.75) is 37.8 Å². The summed E-state index contributed by atoms with van der Waals surface area (Å²) in [4.78, 5) is 13.6. The largest absolute Gasteiger partial charge is 0.468 e. The molecule has 0 saturated carbocycles. The molecular formula is C28H27N3O2. The molecule has 0 N–H and O–H groups in total. The van der Waals surface area contributed by atoms with Gasteiger partial charge in [-0.3, -0.25) is 4.79 Å². The third kappa shape index (κ3) is 3.17. The predicted octanol–water partition coefficient (Wildman–Crippen LogP) is 5.73. The van der Waals surface area contributed by atoms with E-state index in [9.17, 15) is 10.1 Å². The summed E-state index contributed by atoms with van der Waals surface area (Å²) in [5, 5.41) is 20.1. The average molecular weight is 438 g/mol. The van der Waals surface area contributed by atoms with E-state index in [1.165, 1.54) is 7.11 Å². The number of ether oxygens (including phenoxy) is 1. The maximum Gasteiger partial charge on any atom is 0.331 e. The number of carbonyl (C=O) groups is 1. The number of aryl methyl sites for hydroxylation is 1. The molecule has 0 amide bonds. The van der Waals surface area contributed by atoms with Crippen LogP contribution in [0, 0.1) is 23.7 Å². The number of hydrogen-bond acceptors (Lipinski definition) is 5. The molecule has 0 spiro atoms. The second kappa shape index (κ2) is 8.29. The number of benzene rings is 3. The fourth-order valence-corrected chi connectivity index (χ4v) is 5.06. The van der Waals surface area contributed by atoms with Gasteiger partial charge in [0.2, 0.25) is 5.41 Å². The maximum absolute atomic E-state index is 13.6.